The third kappa shape index (κ3) is 6.51. The van der Waals surface area contributed by atoms with Crippen LogP contribution in [-0.4, -0.2) is 50.6 Å². The zero-order valence-electron chi connectivity index (χ0n) is 12.4. The van der Waals surface area contributed by atoms with E-state index in [2.05, 4.69) is 48.2 Å². The molecule has 0 aromatic rings. The first-order valence-electron chi connectivity index (χ1n) is 6.71. The number of nitrogens with one attached hydrogen (secondary N) is 2. The molecular weight excluding hydrogens is 212 g/mol. The maximum absolute atomic E-state index is 4.14. The first-order valence-corrected chi connectivity index (χ1v) is 6.71. The predicted octanol–water partition coefficient (Wildman–Crippen LogP) is 1.54. The zero-order valence-corrected chi connectivity index (χ0v) is 12.4. The minimum Gasteiger partial charge on any atom is -0.359 e. The van der Waals surface area contributed by atoms with Crippen molar-refractivity contribution in [3.8, 4) is 0 Å². The molecule has 0 aliphatic heterocycles. The van der Waals surface area contributed by atoms with Crippen LogP contribution < -0.4 is 10.6 Å². The van der Waals surface area contributed by atoms with Crippen molar-refractivity contribution in [2.75, 3.05) is 33.7 Å². The molecule has 0 aliphatic carbocycles. The van der Waals surface area contributed by atoms with Crippen LogP contribution in [0.5, 0.6) is 0 Å². The Kier molecular flexibility index (Phi) is 8.86. The minimum atomic E-state index is 0.579. The Morgan fingerprint density at radius 1 is 1.24 bits per heavy atom. The molecule has 0 aromatic carbocycles. The molecule has 17 heavy (non-hydrogen) atoms. The first-order chi connectivity index (χ1) is 8.08. The lowest BCUT2D eigenvalue weighted by molar-refractivity contribution is 0.191. The summed E-state index contributed by atoms with van der Waals surface area (Å²) in [7, 11) is 3.69. The number of nitrogens with zero attached hydrogens (tertiary/aromatic N) is 2. The van der Waals surface area contributed by atoms with Crippen molar-refractivity contribution >= 4 is 5.96 Å². The molecule has 0 bridgehead atoms. The third-order valence-electron chi connectivity index (χ3n) is 3.04. The molecule has 102 valence electrons. The molecule has 0 heterocycles. The molecule has 0 spiro atoms. The van der Waals surface area contributed by atoms with Gasteiger partial charge in [-0.3, -0.25) is 9.89 Å². The summed E-state index contributed by atoms with van der Waals surface area (Å²) in [4.78, 5) is 6.65. The highest BCUT2D eigenvalue weighted by molar-refractivity contribution is 5.79. The van der Waals surface area contributed by atoms with Crippen LogP contribution in [0.1, 0.15) is 34.1 Å². The topological polar surface area (TPSA) is 39.7 Å². The largest absolute Gasteiger partial charge is 0.359 e. The number of likely N-dealkylation sites (N-methyl/N-ethyl adjacent to an activating group) is 1. The van der Waals surface area contributed by atoms with Crippen LogP contribution in [0.15, 0.2) is 4.99 Å². The Labute approximate surface area is 107 Å². The van der Waals surface area contributed by atoms with Crippen molar-refractivity contribution in [2.24, 2.45) is 10.9 Å². The van der Waals surface area contributed by atoms with Gasteiger partial charge in [0.05, 0.1) is 0 Å². The second-order valence-electron chi connectivity index (χ2n) is 4.71. The molecule has 0 aromatic heterocycles. The summed E-state index contributed by atoms with van der Waals surface area (Å²) in [6, 6.07) is 0.579. The van der Waals surface area contributed by atoms with Crippen molar-refractivity contribution in [1.29, 1.82) is 0 Å². The maximum atomic E-state index is 4.14. The van der Waals surface area contributed by atoms with Crippen molar-refractivity contribution in [3.63, 3.8) is 0 Å². The van der Waals surface area contributed by atoms with Gasteiger partial charge in [-0.25, -0.2) is 0 Å². The van der Waals surface area contributed by atoms with Gasteiger partial charge in [-0.2, -0.15) is 0 Å². The molecule has 0 fully saturated rings. The number of aliphatic imine (C=N–C) groups is 1. The summed E-state index contributed by atoms with van der Waals surface area (Å²) in [5.41, 5.74) is 0. The highest BCUT2D eigenvalue weighted by Gasteiger charge is 2.17. The molecule has 0 aliphatic rings. The van der Waals surface area contributed by atoms with Gasteiger partial charge in [0.15, 0.2) is 5.96 Å². The van der Waals surface area contributed by atoms with E-state index in [0.717, 1.165) is 31.5 Å². The molecule has 0 saturated heterocycles. The molecule has 0 amide bonds. The quantitative estimate of drug-likeness (QED) is 0.525. The van der Waals surface area contributed by atoms with Crippen LogP contribution in [0.2, 0.25) is 0 Å². The normalized spacial score (nSPS) is 14.2. The maximum Gasteiger partial charge on any atom is 0.190 e. The lowest BCUT2D eigenvalue weighted by Crippen LogP contribution is -2.47. The zero-order chi connectivity index (χ0) is 13.3. The standard InChI is InChI=1S/C13H30N4/c1-7-17(8-2)12(9-11(3)4)10-16-13(14-5)15-6/h11-12H,7-10H2,1-6H3,(H2,14,15,16). The molecule has 0 saturated carbocycles. The van der Waals surface area contributed by atoms with Crippen molar-refractivity contribution < 1.29 is 0 Å². The van der Waals surface area contributed by atoms with Gasteiger partial charge >= 0.3 is 0 Å². The summed E-state index contributed by atoms with van der Waals surface area (Å²) in [5, 5.41) is 6.43. The monoisotopic (exact) mass is 242 g/mol. The van der Waals surface area contributed by atoms with Crippen molar-refractivity contribution in [1.82, 2.24) is 15.5 Å². The molecule has 4 heteroatoms. The van der Waals surface area contributed by atoms with E-state index < -0.39 is 0 Å². The van der Waals surface area contributed by atoms with Gasteiger partial charge < -0.3 is 10.6 Å². The molecule has 1 atom stereocenters. The van der Waals surface area contributed by atoms with Gasteiger partial charge in [-0.1, -0.05) is 27.7 Å². The van der Waals surface area contributed by atoms with Crippen LogP contribution in [0.3, 0.4) is 0 Å². The molecule has 0 rings (SSSR count). The second kappa shape index (κ2) is 9.28. The van der Waals surface area contributed by atoms with Crippen molar-refractivity contribution in [2.45, 2.75) is 40.2 Å². The van der Waals surface area contributed by atoms with Crippen LogP contribution in [0.4, 0.5) is 0 Å². The predicted molar refractivity (Wildman–Crippen MR) is 76.6 cm³/mol. The summed E-state index contributed by atoms with van der Waals surface area (Å²) in [6.07, 6.45) is 1.22. The van der Waals surface area contributed by atoms with Crippen LogP contribution >= 0.6 is 0 Å². The average molecular weight is 242 g/mol. The van der Waals surface area contributed by atoms with Gasteiger partial charge in [-0.05, 0) is 25.4 Å². The Morgan fingerprint density at radius 3 is 2.18 bits per heavy atom. The average Bonchev–Trinajstić information content (AvgIpc) is 2.30. The Balaban J connectivity index is 4.37. The molecule has 4 nitrogen and oxygen atoms in total. The molecular formula is C13H30N4. The number of hydrogen-bond acceptors (Lipinski definition) is 2. The van der Waals surface area contributed by atoms with E-state index in [0.29, 0.717) is 6.04 Å². The lowest BCUT2D eigenvalue weighted by atomic mass is 10.0. The smallest absolute Gasteiger partial charge is 0.190 e. The first kappa shape index (κ1) is 16.2. The summed E-state index contributed by atoms with van der Waals surface area (Å²) in [5.74, 6) is 1.59. The van der Waals surface area contributed by atoms with Crippen molar-refractivity contribution in [3.05, 3.63) is 0 Å². The van der Waals surface area contributed by atoms with Crippen LogP contribution in [0.25, 0.3) is 0 Å². The fourth-order valence-electron chi connectivity index (χ4n) is 2.14. The van der Waals surface area contributed by atoms with Crippen LogP contribution in [-0.2, 0) is 0 Å². The van der Waals surface area contributed by atoms with Gasteiger partial charge in [0.1, 0.15) is 0 Å². The minimum absolute atomic E-state index is 0.579. The van der Waals surface area contributed by atoms with E-state index in [1.165, 1.54) is 6.42 Å². The highest BCUT2D eigenvalue weighted by atomic mass is 15.2. The summed E-state index contributed by atoms with van der Waals surface area (Å²) >= 11 is 0. The van der Waals surface area contributed by atoms with E-state index in [4.69, 9.17) is 0 Å². The fraction of sp³-hybridized carbons (Fsp3) is 0.923. The number of rotatable bonds is 7. The highest BCUT2D eigenvalue weighted by Crippen LogP contribution is 2.10. The SMILES string of the molecule is CCN(CC)C(CNC(=NC)NC)CC(C)C. The van der Waals surface area contributed by atoms with E-state index in [1.54, 1.807) is 7.05 Å². The van der Waals surface area contributed by atoms with Gasteiger partial charge in [0.2, 0.25) is 0 Å². The Morgan fingerprint density at radius 2 is 1.82 bits per heavy atom. The molecule has 2 N–H and O–H groups in total. The Bertz CT molecular complexity index is 209. The number of guanidine groups is 1. The second-order valence-corrected chi connectivity index (χ2v) is 4.71. The summed E-state index contributed by atoms with van der Waals surface area (Å²) < 4.78 is 0. The third-order valence-corrected chi connectivity index (χ3v) is 3.04. The van der Waals surface area contributed by atoms with E-state index in [1.807, 2.05) is 7.05 Å². The van der Waals surface area contributed by atoms with Gasteiger partial charge in [-0.15, -0.1) is 0 Å². The molecule has 1 unspecified atom stereocenters. The Hall–Kier alpha value is -0.770. The fourth-order valence-corrected chi connectivity index (χ4v) is 2.14. The number of hydrogen-bond donors (Lipinski definition) is 2. The van der Waals surface area contributed by atoms with E-state index in [-0.39, 0.29) is 0 Å². The van der Waals surface area contributed by atoms with E-state index >= 15 is 0 Å². The van der Waals surface area contributed by atoms with E-state index in [9.17, 15) is 0 Å². The molecule has 0 radical (unpaired) electrons. The lowest BCUT2D eigenvalue weighted by Gasteiger charge is -2.31. The van der Waals surface area contributed by atoms with Crippen LogP contribution in [0, 0.1) is 5.92 Å². The summed E-state index contributed by atoms with van der Waals surface area (Å²) in [6.45, 7) is 12.2. The van der Waals surface area contributed by atoms with Gasteiger partial charge in [0.25, 0.3) is 0 Å². The van der Waals surface area contributed by atoms with Gasteiger partial charge in [0, 0.05) is 26.7 Å².